The van der Waals surface area contributed by atoms with Gasteiger partial charge in [0, 0.05) is 13.1 Å². The summed E-state index contributed by atoms with van der Waals surface area (Å²) in [7, 11) is 1.64. The molecule has 1 unspecified atom stereocenters. The lowest BCUT2D eigenvalue weighted by Crippen LogP contribution is -2.33. The third kappa shape index (κ3) is 3.10. The summed E-state index contributed by atoms with van der Waals surface area (Å²) in [4.78, 5) is 33.5. The highest BCUT2D eigenvalue weighted by atomic mass is 16.5. The standard InChI is InChI=1S/C24H28N4O3/c1-23(2)14-24(23,15-6-8-16(31-3)9-7-15)21(29)25-19-12-17-18(27-22(30)26-17)13-20(19)28-10-4-5-11-28/h6-9,12-13H,4-5,10-11,14H2,1-3H3,(H,25,29)(H2,26,27,30). The van der Waals surface area contributed by atoms with Gasteiger partial charge in [-0.3, -0.25) is 4.79 Å². The number of carbonyl (C=O) groups is 1. The monoisotopic (exact) mass is 420 g/mol. The zero-order valence-corrected chi connectivity index (χ0v) is 18.2. The van der Waals surface area contributed by atoms with E-state index in [1.807, 2.05) is 36.4 Å². The Labute approximate surface area is 180 Å². The molecule has 2 aliphatic rings. The van der Waals surface area contributed by atoms with Gasteiger partial charge in [-0.25, -0.2) is 4.79 Å². The number of nitrogens with zero attached hydrogens (tertiary/aromatic N) is 1. The topological polar surface area (TPSA) is 90.2 Å². The number of hydrogen-bond acceptors (Lipinski definition) is 4. The molecule has 31 heavy (non-hydrogen) atoms. The quantitative estimate of drug-likeness (QED) is 0.586. The van der Waals surface area contributed by atoms with Crippen LogP contribution in [0.3, 0.4) is 0 Å². The van der Waals surface area contributed by atoms with Crippen molar-refractivity contribution in [1.29, 1.82) is 0 Å². The van der Waals surface area contributed by atoms with Gasteiger partial charge in [0.25, 0.3) is 0 Å². The lowest BCUT2D eigenvalue weighted by Gasteiger charge is -2.25. The molecule has 1 aromatic heterocycles. The Morgan fingerprint density at radius 1 is 1.06 bits per heavy atom. The second-order valence-electron chi connectivity index (χ2n) is 9.34. The van der Waals surface area contributed by atoms with Gasteiger partial charge in [-0.05, 0) is 54.5 Å². The molecule has 1 saturated carbocycles. The van der Waals surface area contributed by atoms with Gasteiger partial charge in [-0.1, -0.05) is 26.0 Å². The first-order valence-electron chi connectivity index (χ1n) is 10.8. The maximum atomic E-state index is 13.7. The minimum Gasteiger partial charge on any atom is -0.497 e. The molecule has 0 radical (unpaired) electrons. The van der Waals surface area contributed by atoms with Crippen LogP contribution in [-0.2, 0) is 10.2 Å². The normalized spacial score (nSPS) is 22.0. The Balaban J connectivity index is 1.54. The second-order valence-corrected chi connectivity index (χ2v) is 9.34. The number of hydrogen-bond donors (Lipinski definition) is 3. The molecule has 2 aromatic carbocycles. The molecule has 2 fully saturated rings. The van der Waals surface area contributed by atoms with Crippen LogP contribution < -0.4 is 20.6 Å². The number of nitrogens with one attached hydrogen (secondary N) is 3. The van der Waals surface area contributed by atoms with Crippen LogP contribution in [0.5, 0.6) is 5.75 Å². The summed E-state index contributed by atoms with van der Waals surface area (Å²) in [5, 5.41) is 3.23. The minimum absolute atomic E-state index is 0.0136. The van der Waals surface area contributed by atoms with E-state index >= 15 is 0 Å². The third-order valence-electron chi connectivity index (χ3n) is 7.04. The molecule has 3 aromatic rings. The molecule has 7 heteroatoms. The summed E-state index contributed by atoms with van der Waals surface area (Å²) in [6.07, 6.45) is 3.02. The van der Waals surface area contributed by atoms with Crippen LogP contribution in [0.4, 0.5) is 11.4 Å². The Hall–Kier alpha value is -3.22. The van der Waals surface area contributed by atoms with Crippen molar-refractivity contribution in [3.63, 3.8) is 0 Å². The van der Waals surface area contributed by atoms with Crippen molar-refractivity contribution in [2.24, 2.45) is 5.41 Å². The average molecular weight is 421 g/mol. The van der Waals surface area contributed by atoms with Gasteiger partial charge < -0.3 is 24.9 Å². The van der Waals surface area contributed by atoms with Crippen molar-refractivity contribution in [2.75, 3.05) is 30.4 Å². The molecule has 1 aliphatic carbocycles. The molecule has 162 valence electrons. The maximum absolute atomic E-state index is 13.7. The molecule has 7 nitrogen and oxygen atoms in total. The van der Waals surface area contributed by atoms with E-state index in [4.69, 9.17) is 4.74 Å². The van der Waals surface area contributed by atoms with E-state index < -0.39 is 5.41 Å². The van der Waals surface area contributed by atoms with Gasteiger partial charge in [0.05, 0.1) is 34.9 Å². The van der Waals surface area contributed by atoms with Gasteiger partial charge in [-0.15, -0.1) is 0 Å². The number of aromatic amines is 2. The Bertz CT molecular complexity index is 1200. The second kappa shape index (κ2) is 6.90. The predicted molar refractivity (Wildman–Crippen MR) is 122 cm³/mol. The smallest absolute Gasteiger partial charge is 0.323 e. The number of methoxy groups -OCH3 is 1. The molecule has 1 aliphatic heterocycles. The van der Waals surface area contributed by atoms with E-state index in [0.717, 1.165) is 60.6 Å². The van der Waals surface area contributed by atoms with Gasteiger partial charge in [0.15, 0.2) is 0 Å². The Morgan fingerprint density at radius 3 is 2.26 bits per heavy atom. The van der Waals surface area contributed by atoms with E-state index in [-0.39, 0.29) is 17.0 Å². The molecule has 1 atom stereocenters. The number of H-pyrrole nitrogens is 2. The van der Waals surface area contributed by atoms with Crippen molar-refractivity contribution >= 4 is 28.3 Å². The van der Waals surface area contributed by atoms with Crippen LogP contribution in [0.15, 0.2) is 41.2 Å². The first kappa shape index (κ1) is 19.7. The van der Waals surface area contributed by atoms with E-state index in [2.05, 4.69) is 34.0 Å². The molecule has 2 heterocycles. The molecule has 5 rings (SSSR count). The van der Waals surface area contributed by atoms with Crippen LogP contribution in [0.1, 0.15) is 38.7 Å². The van der Waals surface area contributed by atoms with Crippen molar-refractivity contribution in [3.05, 3.63) is 52.4 Å². The van der Waals surface area contributed by atoms with Gasteiger partial charge in [0.2, 0.25) is 5.91 Å². The number of amides is 1. The average Bonchev–Trinajstić information content (AvgIpc) is 3.12. The number of ether oxygens (including phenoxy) is 1. The summed E-state index contributed by atoms with van der Waals surface area (Å²) in [5.74, 6) is 0.760. The number of benzene rings is 2. The van der Waals surface area contributed by atoms with Gasteiger partial charge in [-0.2, -0.15) is 0 Å². The molecule has 0 spiro atoms. The maximum Gasteiger partial charge on any atom is 0.323 e. The molecular weight excluding hydrogens is 392 g/mol. The van der Waals surface area contributed by atoms with Crippen LogP contribution in [0.2, 0.25) is 0 Å². The van der Waals surface area contributed by atoms with Gasteiger partial charge in [0.1, 0.15) is 5.75 Å². The van der Waals surface area contributed by atoms with E-state index in [1.165, 1.54) is 0 Å². The summed E-state index contributed by atoms with van der Waals surface area (Å²) in [5.41, 5.74) is 3.15. The fourth-order valence-corrected chi connectivity index (χ4v) is 5.13. The van der Waals surface area contributed by atoms with E-state index in [0.29, 0.717) is 5.52 Å². The highest BCUT2D eigenvalue weighted by molar-refractivity contribution is 6.06. The predicted octanol–water partition coefficient (Wildman–Crippen LogP) is 3.77. The lowest BCUT2D eigenvalue weighted by atomic mass is 9.86. The first-order chi connectivity index (χ1) is 14.8. The lowest BCUT2D eigenvalue weighted by molar-refractivity contribution is -0.119. The summed E-state index contributed by atoms with van der Waals surface area (Å²) < 4.78 is 5.29. The van der Waals surface area contributed by atoms with E-state index in [1.54, 1.807) is 7.11 Å². The van der Waals surface area contributed by atoms with Crippen molar-refractivity contribution in [3.8, 4) is 5.75 Å². The number of anilines is 2. The molecule has 1 amide bonds. The van der Waals surface area contributed by atoms with E-state index in [9.17, 15) is 9.59 Å². The van der Waals surface area contributed by atoms with Crippen LogP contribution >= 0.6 is 0 Å². The molecular formula is C24H28N4O3. The number of fused-ring (bicyclic) bond motifs is 1. The fourth-order valence-electron chi connectivity index (χ4n) is 5.13. The number of carbonyl (C=O) groups excluding carboxylic acids is 1. The molecule has 1 saturated heterocycles. The summed E-state index contributed by atoms with van der Waals surface area (Å²) in [6.45, 7) is 6.15. The zero-order valence-electron chi connectivity index (χ0n) is 18.2. The van der Waals surface area contributed by atoms with Gasteiger partial charge >= 0.3 is 5.69 Å². The van der Waals surface area contributed by atoms with Crippen LogP contribution in [0, 0.1) is 5.41 Å². The minimum atomic E-state index is -0.595. The van der Waals surface area contributed by atoms with Crippen LogP contribution in [-0.4, -0.2) is 36.1 Å². The Kier molecular flexibility index (Phi) is 4.39. The molecule has 0 bridgehead atoms. The summed E-state index contributed by atoms with van der Waals surface area (Å²) in [6, 6.07) is 11.6. The highest BCUT2D eigenvalue weighted by Crippen LogP contribution is 2.65. The first-order valence-corrected chi connectivity index (χ1v) is 10.8. The zero-order chi connectivity index (χ0) is 21.8. The number of rotatable bonds is 5. The summed E-state index contributed by atoms with van der Waals surface area (Å²) >= 11 is 0. The number of aromatic nitrogens is 2. The van der Waals surface area contributed by atoms with Crippen molar-refractivity contribution in [1.82, 2.24) is 9.97 Å². The van der Waals surface area contributed by atoms with Crippen LogP contribution in [0.25, 0.3) is 11.0 Å². The third-order valence-corrected chi connectivity index (χ3v) is 7.04. The highest BCUT2D eigenvalue weighted by Gasteiger charge is 2.67. The Morgan fingerprint density at radius 2 is 1.68 bits per heavy atom. The largest absolute Gasteiger partial charge is 0.497 e. The molecule has 3 N–H and O–H groups in total. The fraction of sp³-hybridized carbons (Fsp3) is 0.417. The van der Waals surface area contributed by atoms with Crippen molar-refractivity contribution < 1.29 is 9.53 Å². The van der Waals surface area contributed by atoms with Crippen molar-refractivity contribution in [2.45, 2.75) is 38.5 Å². The SMILES string of the molecule is COc1ccc(C2(C(=O)Nc3cc4[nH]c(=O)[nH]c4cc3N3CCCC3)CC2(C)C)cc1. The number of imidazole rings is 1.